The van der Waals surface area contributed by atoms with E-state index < -0.39 is 44.7 Å². The number of amides is 1. The molecule has 0 bridgehead atoms. The van der Waals surface area contributed by atoms with E-state index in [1.165, 1.54) is 0 Å². The van der Waals surface area contributed by atoms with Gasteiger partial charge in [0.05, 0.1) is 0 Å². The zero-order valence-corrected chi connectivity index (χ0v) is 20.7. The summed E-state index contributed by atoms with van der Waals surface area (Å²) >= 11 is 0. The maximum atomic E-state index is 12.2. The molecule has 0 heterocycles. The summed E-state index contributed by atoms with van der Waals surface area (Å²) in [4.78, 5) is 11.3. The number of rotatable bonds is 14. The number of alkyl halides is 3. The monoisotopic (exact) mass is 447 g/mol. The van der Waals surface area contributed by atoms with Crippen LogP contribution >= 0.6 is 0 Å². The molecule has 0 saturated heterocycles. The first-order valence-electron chi connectivity index (χ1n) is 9.72. The molecule has 0 radical (unpaired) electrons. The van der Waals surface area contributed by atoms with Crippen LogP contribution in [0.5, 0.6) is 0 Å². The Morgan fingerprint density at radius 1 is 1.07 bits per heavy atom. The Hall–Kier alpha value is -0.209. The molecule has 162 valence electrons. The summed E-state index contributed by atoms with van der Waals surface area (Å²) in [5.74, 6) is -0.978. The quantitative estimate of drug-likeness (QED) is 0.316. The Balaban J connectivity index is 4.61. The molecule has 0 spiro atoms. The van der Waals surface area contributed by atoms with Gasteiger partial charge in [-0.2, -0.15) is 13.2 Å². The molecule has 0 aliphatic carbocycles. The van der Waals surface area contributed by atoms with Gasteiger partial charge in [-0.15, -0.1) is 0 Å². The van der Waals surface area contributed by atoms with Gasteiger partial charge in [0.15, 0.2) is 8.32 Å². The van der Waals surface area contributed by atoms with Crippen molar-refractivity contribution in [1.29, 1.82) is 0 Å². The molecule has 2 atom stereocenters. The predicted molar refractivity (Wildman–Crippen MR) is 109 cm³/mol. The van der Waals surface area contributed by atoms with Gasteiger partial charge in [-0.25, -0.2) is 0 Å². The van der Waals surface area contributed by atoms with Crippen molar-refractivity contribution in [1.82, 2.24) is 5.32 Å². The van der Waals surface area contributed by atoms with E-state index in [1.807, 2.05) is 0 Å². The molecule has 27 heavy (non-hydrogen) atoms. The minimum absolute atomic E-state index is 0.237. The molecular formula is C16H36F3NO4Si3. The number of hydrogen-bond acceptors (Lipinski definition) is 4. The van der Waals surface area contributed by atoms with E-state index in [0.717, 1.165) is 30.2 Å². The second-order valence-electron chi connectivity index (χ2n) is 6.94. The maximum Gasteiger partial charge on any atom is 0.397 e. The number of nitrogens with one attached hydrogen (secondary N) is 1. The highest BCUT2D eigenvalue weighted by Gasteiger charge is 2.39. The number of carbonyl (C=O) groups is 1. The second-order valence-corrected chi connectivity index (χ2v) is 18.3. The number of halogens is 3. The molecule has 0 aliphatic rings. The molecule has 2 unspecified atom stereocenters. The third-order valence-electron chi connectivity index (χ3n) is 4.86. The van der Waals surface area contributed by atoms with Crippen LogP contribution in [0.1, 0.15) is 40.5 Å². The van der Waals surface area contributed by atoms with Crippen LogP contribution in [0, 0.1) is 0 Å². The standard InChI is InChI=1S/C16H36F3NO4Si3/c1-7-25(24-27(9-3,10-4)22-5)23-26(6,8-2)13-11-12-20-15(21)14-16(17,18)19/h25H,7-14H2,1-6H3,(H,20,21). The van der Waals surface area contributed by atoms with Crippen LogP contribution in [-0.2, 0) is 17.5 Å². The van der Waals surface area contributed by atoms with Crippen LogP contribution in [-0.4, -0.2) is 51.9 Å². The molecule has 0 saturated carbocycles. The topological polar surface area (TPSA) is 56.8 Å². The Morgan fingerprint density at radius 3 is 2.07 bits per heavy atom. The SMILES string of the molecule is CC[SiH](O[Si](C)(CC)CCCNC(=O)CC(F)(F)F)O[Si](CC)(CC)OC. The van der Waals surface area contributed by atoms with Crippen LogP contribution in [0.3, 0.4) is 0 Å². The van der Waals surface area contributed by atoms with Gasteiger partial charge < -0.3 is 18.0 Å². The van der Waals surface area contributed by atoms with Crippen LogP contribution in [0.2, 0.25) is 36.8 Å². The highest BCUT2D eigenvalue weighted by atomic mass is 28.5. The van der Waals surface area contributed by atoms with E-state index in [0.29, 0.717) is 6.42 Å². The van der Waals surface area contributed by atoms with E-state index in [9.17, 15) is 18.0 Å². The van der Waals surface area contributed by atoms with Crippen LogP contribution in [0.4, 0.5) is 13.2 Å². The summed E-state index contributed by atoms with van der Waals surface area (Å²) in [5.41, 5.74) is 0. The fourth-order valence-corrected chi connectivity index (χ4v) is 14.4. The molecule has 0 rings (SSSR count). The fourth-order valence-electron chi connectivity index (χ4n) is 2.75. The van der Waals surface area contributed by atoms with Gasteiger partial charge in [-0.3, -0.25) is 4.79 Å². The van der Waals surface area contributed by atoms with Gasteiger partial charge in [0, 0.05) is 13.7 Å². The lowest BCUT2D eigenvalue weighted by Gasteiger charge is -2.36. The minimum atomic E-state index is -4.46. The summed E-state index contributed by atoms with van der Waals surface area (Å²) in [6, 6.07) is 4.28. The normalized spacial score (nSPS) is 16.0. The Morgan fingerprint density at radius 2 is 1.67 bits per heavy atom. The zero-order chi connectivity index (χ0) is 21.1. The van der Waals surface area contributed by atoms with Crippen molar-refractivity contribution in [2.45, 2.75) is 83.5 Å². The van der Waals surface area contributed by atoms with Crippen molar-refractivity contribution in [2.75, 3.05) is 13.7 Å². The Labute approximate surface area is 165 Å². The molecular weight excluding hydrogens is 411 g/mol. The molecule has 0 aromatic rings. The van der Waals surface area contributed by atoms with Crippen molar-refractivity contribution < 1.29 is 30.6 Å². The molecule has 5 nitrogen and oxygen atoms in total. The van der Waals surface area contributed by atoms with Gasteiger partial charge >= 0.3 is 24.0 Å². The largest absolute Gasteiger partial charge is 0.438 e. The van der Waals surface area contributed by atoms with Gasteiger partial charge in [-0.1, -0.05) is 27.7 Å². The van der Waals surface area contributed by atoms with Crippen LogP contribution in [0.25, 0.3) is 0 Å². The van der Waals surface area contributed by atoms with Gasteiger partial charge in [0.1, 0.15) is 6.42 Å². The van der Waals surface area contributed by atoms with Gasteiger partial charge in [-0.05, 0) is 43.2 Å². The molecule has 0 fully saturated rings. The summed E-state index contributed by atoms with van der Waals surface area (Å²) < 4.78 is 55.2. The zero-order valence-electron chi connectivity index (χ0n) is 17.5. The van der Waals surface area contributed by atoms with Crippen molar-refractivity contribution in [3.05, 3.63) is 0 Å². The molecule has 0 aromatic carbocycles. The Kier molecular flexibility index (Phi) is 12.3. The first-order chi connectivity index (χ1) is 12.5. The summed E-state index contributed by atoms with van der Waals surface area (Å²) in [6.07, 6.45) is -5.28. The van der Waals surface area contributed by atoms with Gasteiger partial charge in [0.2, 0.25) is 5.91 Å². The first-order valence-corrected chi connectivity index (χ1v) is 16.5. The summed E-state index contributed by atoms with van der Waals surface area (Å²) in [7, 11) is -4.39. The lowest BCUT2D eigenvalue weighted by atomic mass is 10.4. The predicted octanol–water partition coefficient (Wildman–Crippen LogP) is 4.44. The average molecular weight is 448 g/mol. The Bertz CT molecular complexity index is 431. The van der Waals surface area contributed by atoms with E-state index in [1.54, 1.807) is 7.11 Å². The first kappa shape index (κ1) is 26.8. The van der Waals surface area contributed by atoms with Crippen molar-refractivity contribution in [2.24, 2.45) is 0 Å². The third-order valence-corrected chi connectivity index (χ3v) is 17.4. The average Bonchev–Trinajstić information content (AvgIpc) is 2.61. The third kappa shape index (κ3) is 10.8. The summed E-state index contributed by atoms with van der Waals surface area (Å²) in [5, 5.41) is 2.34. The second kappa shape index (κ2) is 12.4. The van der Waals surface area contributed by atoms with E-state index in [2.05, 4.69) is 39.6 Å². The minimum Gasteiger partial charge on any atom is -0.438 e. The van der Waals surface area contributed by atoms with Crippen LogP contribution < -0.4 is 5.32 Å². The molecule has 1 amide bonds. The van der Waals surface area contributed by atoms with Crippen molar-refractivity contribution >= 4 is 32.1 Å². The van der Waals surface area contributed by atoms with Crippen molar-refractivity contribution in [3.63, 3.8) is 0 Å². The summed E-state index contributed by atoms with van der Waals surface area (Å²) in [6.45, 7) is 10.7. The molecule has 0 aliphatic heterocycles. The molecule has 11 heteroatoms. The van der Waals surface area contributed by atoms with Crippen LogP contribution in [0.15, 0.2) is 0 Å². The maximum absolute atomic E-state index is 12.2. The van der Waals surface area contributed by atoms with Gasteiger partial charge in [0.25, 0.3) is 0 Å². The highest BCUT2D eigenvalue weighted by molar-refractivity contribution is 6.81. The lowest BCUT2D eigenvalue weighted by molar-refractivity contribution is -0.153. The van der Waals surface area contributed by atoms with E-state index in [4.69, 9.17) is 12.7 Å². The van der Waals surface area contributed by atoms with E-state index >= 15 is 0 Å². The number of hydrogen-bond donors (Lipinski definition) is 1. The molecule has 1 N–H and O–H groups in total. The van der Waals surface area contributed by atoms with E-state index in [-0.39, 0.29) is 6.54 Å². The fraction of sp³-hybridized carbons (Fsp3) is 0.938. The smallest absolute Gasteiger partial charge is 0.397 e. The number of carbonyl (C=O) groups excluding carboxylic acids is 1. The van der Waals surface area contributed by atoms with Crippen molar-refractivity contribution in [3.8, 4) is 0 Å². The highest BCUT2D eigenvalue weighted by Crippen LogP contribution is 2.25. The lowest BCUT2D eigenvalue weighted by Crippen LogP contribution is -2.50. The molecule has 0 aromatic heterocycles.